The first-order chi connectivity index (χ1) is 14.3. The number of alkyl halides is 2. The fourth-order valence-corrected chi connectivity index (χ4v) is 2.80. The Morgan fingerprint density at radius 2 is 1.77 bits per heavy atom. The molecule has 1 aromatic heterocycles. The van der Waals surface area contributed by atoms with Gasteiger partial charge < -0.3 is 14.8 Å². The van der Waals surface area contributed by atoms with Crippen molar-refractivity contribution in [3.63, 3.8) is 0 Å². The number of rotatable bonds is 7. The highest BCUT2D eigenvalue weighted by molar-refractivity contribution is 5.94. The van der Waals surface area contributed by atoms with Crippen molar-refractivity contribution in [2.24, 2.45) is 7.05 Å². The number of hydrogen-bond acceptors (Lipinski definition) is 6. The Balaban J connectivity index is 1.63. The van der Waals surface area contributed by atoms with Crippen molar-refractivity contribution >= 4 is 28.3 Å². The van der Waals surface area contributed by atoms with Crippen molar-refractivity contribution in [3.8, 4) is 5.75 Å². The van der Waals surface area contributed by atoms with Crippen molar-refractivity contribution in [1.29, 1.82) is 0 Å². The largest absolute Gasteiger partial charge is 0.455 e. The minimum atomic E-state index is -3.05. The predicted molar refractivity (Wildman–Crippen MR) is 103 cm³/mol. The lowest BCUT2D eigenvalue weighted by molar-refractivity contribution is -0.146. The topological polar surface area (TPSA) is 99.5 Å². The van der Waals surface area contributed by atoms with Crippen LogP contribution in [0.5, 0.6) is 5.75 Å². The van der Waals surface area contributed by atoms with Gasteiger partial charge in [-0.1, -0.05) is 30.3 Å². The Morgan fingerprint density at radius 1 is 1.10 bits per heavy atom. The number of nitrogens with zero attached hydrogens (tertiary/aromatic N) is 2. The van der Waals surface area contributed by atoms with Crippen molar-refractivity contribution in [2.75, 3.05) is 11.9 Å². The molecule has 0 aliphatic carbocycles. The van der Waals surface area contributed by atoms with Gasteiger partial charge in [0.25, 0.3) is 11.5 Å². The zero-order valence-corrected chi connectivity index (χ0v) is 15.8. The van der Waals surface area contributed by atoms with E-state index in [0.717, 1.165) is 4.68 Å². The molecule has 2 aromatic carbocycles. The van der Waals surface area contributed by atoms with Gasteiger partial charge in [0, 0.05) is 12.4 Å². The van der Waals surface area contributed by atoms with E-state index < -0.39 is 25.1 Å². The summed E-state index contributed by atoms with van der Waals surface area (Å²) in [5.41, 5.74) is 0.0464. The molecule has 1 N–H and O–H groups in total. The van der Waals surface area contributed by atoms with Crippen molar-refractivity contribution in [1.82, 2.24) is 9.78 Å². The number of hydrogen-bond donors (Lipinski definition) is 1. The number of carbonyl (C=O) groups is 2. The van der Waals surface area contributed by atoms with Crippen LogP contribution >= 0.6 is 0 Å². The van der Waals surface area contributed by atoms with E-state index in [2.05, 4.69) is 15.2 Å². The zero-order chi connectivity index (χ0) is 21.7. The molecule has 0 radical (unpaired) electrons. The molecule has 0 aliphatic heterocycles. The van der Waals surface area contributed by atoms with Crippen LogP contribution in [0, 0.1) is 0 Å². The Labute approximate surface area is 169 Å². The molecule has 1 amide bonds. The van der Waals surface area contributed by atoms with E-state index in [1.807, 2.05) is 0 Å². The molecule has 0 atom stereocenters. The number of ether oxygens (including phenoxy) is 2. The number of esters is 1. The van der Waals surface area contributed by atoms with Crippen LogP contribution in [0.3, 0.4) is 0 Å². The molecule has 156 valence electrons. The Morgan fingerprint density at radius 3 is 2.50 bits per heavy atom. The summed E-state index contributed by atoms with van der Waals surface area (Å²) in [7, 11) is 1.47. The maximum absolute atomic E-state index is 12.4. The second-order valence-electron chi connectivity index (χ2n) is 6.18. The standard InChI is InChI=1S/C20H17F2N3O5/c1-25-19(28)13-7-3-2-6-12(13)15(24-25)10-18(27)29-11-17(26)23-14-8-4-5-9-16(14)30-20(21)22/h2-9,20H,10-11H2,1H3,(H,23,26). The van der Waals surface area contributed by atoms with E-state index in [9.17, 15) is 23.2 Å². The van der Waals surface area contributed by atoms with Crippen LogP contribution in [-0.4, -0.2) is 34.9 Å². The molecule has 0 fully saturated rings. The molecule has 8 nitrogen and oxygen atoms in total. The maximum atomic E-state index is 12.4. The van der Waals surface area contributed by atoms with E-state index in [-0.39, 0.29) is 23.4 Å². The molecule has 0 spiro atoms. The van der Waals surface area contributed by atoms with Crippen LogP contribution < -0.4 is 15.6 Å². The smallest absolute Gasteiger partial charge is 0.387 e. The van der Waals surface area contributed by atoms with Gasteiger partial charge in [0.05, 0.1) is 23.2 Å². The number of anilines is 1. The van der Waals surface area contributed by atoms with Gasteiger partial charge >= 0.3 is 12.6 Å². The van der Waals surface area contributed by atoms with Gasteiger partial charge in [-0.05, 0) is 18.2 Å². The summed E-state index contributed by atoms with van der Waals surface area (Å²) in [6.45, 7) is -3.68. The van der Waals surface area contributed by atoms with E-state index >= 15 is 0 Å². The number of benzene rings is 2. The molecule has 0 bridgehead atoms. The summed E-state index contributed by atoms with van der Waals surface area (Å²) in [6, 6.07) is 12.3. The number of nitrogens with one attached hydrogen (secondary N) is 1. The van der Waals surface area contributed by atoms with Crippen LogP contribution in [0.15, 0.2) is 53.3 Å². The summed E-state index contributed by atoms with van der Waals surface area (Å²) >= 11 is 0. The highest BCUT2D eigenvalue weighted by Gasteiger charge is 2.16. The Bertz CT molecular complexity index is 1150. The van der Waals surface area contributed by atoms with Crippen LogP contribution in [-0.2, 0) is 27.8 Å². The third-order valence-electron chi connectivity index (χ3n) is 4.09. The molecule has 0 saturated heterocycles. The van der Waals surface area contributed by atoms with Gasteiger partial charge in [-0.15, -0.1) is 0 Å². The van der Waals surface area contributed by atoms with Gasteiger partial charge in [0.1, 0.15) is 5.75 Å². The van der Waals surface area contributed by atoms with E-state index in [1.165, 1.54) is 31.3 Å². The monoisotopic (exact) mass is 417 g/mol. The number of carbonyl (C=O) groups excluding carboxylic acids is 2. The molecule has 0 saturated carbocycles. The highest BCUT2D eigenvalue weighted by atomic mass is 19.3. The van der Waals surface area contributed by atoms with Gasteiger partial charge in [-0.3, -0.25) is 14.4 Å². The van der Waals surface area contributed by atoms with Gasteiger partial charge in [0.15, 0.2) is 6.61 Å². The number of fused-ring (bicyclic) bond motifs is 1. The summed E-state index contributed by atoms with van der Waals surface area (Å²) in [6.07, 6.45) is -0.257. The summed E-state index contributed by atoms with van der Waals surface area (Å²) < 4.78 is 35.3. The van der Waals surface area contributed by atoms with Crippen LogP contribution in [0.4, 0.5) is 14.5 Å². The first kappa shape index (κ1) is 20.9. The lowest BCUT2D eigenvalue weighted by atomic mass is 10.1. The van der Waals surface area contributed by atoms with Crippen molar-refractivity contribution in [3.05, 3.63) is 64.6 Å². The Kier molecular flexibility index (Phi) is 6.35. The van der Waals surface area contributed by atoms with E-state index in [1.54, 1.807) is 24.3 Å². The quantitative estimate of drug-likeness (QED) is 0.592. The molecular weight excluding hydrogens is 400 g/mol. The number of halogens is 2. The second-order valence-corrected chi connectivity index (χ2v) is 6.18. The minimum Gasteiger partial charge on any atom is -0.455 e. The third-order valence-corrected chi connectivity index (χ3v) is 4.09. The fourth-order valence-electron chi connectivity index (χ4n) is 2.80. The normalized spacial score (nSPS) is 10.8. The van der Waals surface area contributed by atoms with Crippen LogP contribution in [0.1, 0.15) is 5.69 Å². The van der Waals surface area contributed by atoms with Crippen molar-refractivity contribution in [2.45, 2.75) is 13.0 Å². The highest BCUT2D eigenvalue weighted by Crippen LogP contribution is 2.25. The predicted octanol–water partition coefficient (Wildman–Crippen LogP) is 2.26. The average Bonchev–Trinajstić information content (AvgIpc) is 2.71. The molecule has 30 heavy (non-hydrogen) atoms. The summed E-state index contributed by atoms with van der Waals surface area (Å²) in [5, 5.41) is 7.36. The van der Waals surface area contributed by atoms with Crippen LogP contribution in [0.25, 0.3) is 10.8 Å². The van der Waals surface area contributed by atoms with Gasteiger partial charge in [0.2, 0.25) is 0 Å². The van der Waals surface area contributed by atoms with Gasteiger partial charge in [-0.2, -0.15) is 13.9 Å². The summed E-state index contributed by atoms with van der Waals surface area (Å²) in [5.74, 6) is -1.68. The van der Waals surface area contributed by atoms with E-state index in [4.69, 9.17) is 4.74 Å². The Hall–Kier alpha value is -3.82. The first-order valence-electron chi connectivity index (χ1n) is 8.79. The third kappa shape index (κ3) is 4.96. The fraction of sp³-hybridized carbons (Fsp3) is 0.200. The van der Waals surface area contributed by atoms with Crippen LogP contribution in [0.2, 0.25) is 0 Å². The maximum Gasteiger partial charge on any atom is 0.387 e. The molecule has 3 rings (SSSR count). The molecule has 3 aromatic rings. The molecule has 0 unspecified atom stereocenters. The van der Waals surface area contributed by atoms with E-state index in [0.29, 0.717) is 16.5 Å². The van der Waals surface area contributed by atoms with Gasteiger partial charge in [-0.25, -0.2) is 4.68 Å². The average molecular weight is 417 g/mol. The number of amides is 1. The number of aryl methyl sites for hydroxylation is 1. The van der Waals surface area contributed by atoms with Crippen molar-refractivity contribution < 1.29 is 27.8 Å². The minimum absolute atomic E-state index is 0.0181. The zero-order valence-electron chi connectivity index (χ0n) is 15.8. The second kappa shape index (κ2) is 9.12. The molecular formula is C20H17F2N3O5. The lowest BCUT2D eigenvalue weighted by Gasteiger charge is -2.12. The first-order valence-corrected chi connectivity index (χ1v) is 8.79. The lowest BCUT2D eigenvalue weighted by Crippen LogP contribution is -2.25. The molecule has 0 aliphatic rings. The summed E-state index contributed by atoms with van der Waals surface area (Å²) in [4.78, 5) is 36.3. The number of para-hydroxylation sites is 2. The number of aromatic nitrogens is 2. The molecule has 1 heterocycles. The SMILES string of the molecule is Cn1nc(CC(=O)OCC(=O)Nc2ccccc2OC(F)F)c2ccccc2c1=O. The molecule has 10 heteroatoms.